The monoisotopic (exact) mass is 308 g/mol. The lowest BCUT2D eigenvalue weighted by atomic mass is 9.53. The van der Waals surface area contributed by atoms with Crippen LogP contribution in [0.2, 0.25) is 0 Å². The molecule has 124 valence electrons. The molecule has 0 aromatic heterocycles. The van der Waals surface area contributed by atoms with E-state index in [-0.39, 0.29) is 12.5 Å². The fourth-order valence-electron chi connectivity index (χ4n) is 3.74. The van der Waals surface area contributed by atoms with Crippen molar-refractivity contribution in [2.45, 2.75) is 57.3 Å². The zero-order chi connectivity index (χ0) is 16.3. The van der Waals surface area contributed by atoms with Crippen molar-refractivity contribution in [2.75, 3.05) is 6.61 Å². The largest absolute Gasteiger partial charge is 0.396 e. The molecule has 0 radical (unpaired) electrons. The summed E-state index contributed by atoms with van der Waals surface area (Å²) >= 11 is 0. The molecule has 2 rings (SSSR count). The average molecular weight is 308 g/mol. The second kappa shape index (κ2) is 7.09. The van der Waals surface area contributed by atoms with Crippen LogP contribution >= 0.6 is 0 Å². The van der Waals surface area contributed by atoms with Gasteiger partial charge in [-0.05, 0) is 30.2 Å². The van der Waals surface area contributed by atoms with E-state index in [4.69, 9.17) is 0 Å². The van der Waals surface area contributed by atoms with E-state index in [1.54, 1.807) is 6.92 Å². The van der Waals surface area contributed by atoms with Crippen LogP contribution in [-0.4, -0.2) is 45.3 Å². The lowest BCUT2D eigenvalue weighted by Crippen LogP contribution is -2.70. The van der Waals surface area contributed by atoms with Crippen molar-refractivity contribution in [2.24, 2.45) is 11.3 Å². The van der Waals surface area contributed by atoms with Crippen molar-refractivity contribution < 1.29 is 20.4 Å². The Hall–Kier alpha value is -0.940. The highest BCUT2D eigenvalue weighted by Crippen LogP contribution is 2.50. The Bertz CT molecular complexity index is 451. The minimum absolute atomic E-state index is 0.297. The van der Waals surface area contributed by atoms with Gasteiger partial charge in [-0.2, -0.15) is 0 Å². The number of benzene rings is 1. The fourth-order valence-corrected chi connectivity index (χ4v) is 3.74. The molecule has 1 aromatic carbocycles. The highest BCUT2D eigenvalue weighted by molar-refractivity contribution is 5.18. The van der Waals surface area contributed by atoms with Gasteiger partial charge in [0.2, 0.25) is 0 Å². The molecule has 4 N–H and O–H groups in total. The van der Waals surface area contributed by atoms with Crippen LogP contribution in [0.4, 0.5) is 0 Å². The maximum atomic E-state index is 10.4. The molecule has 0 heterocycles. The second-order valence-electron chi connectivity index (χ2n) is 6.75. The Morgan fingerprint density at radius 1 is 1.14 bits per heavy atom. The normalized spacial score (nSPS) is 34.0. The summed E-state index contributed by atoms with van der Waals surface area (Å²) in [5.74, 6) is 0.113. The fraction of sp³-hybridized carbons (Fsp3) is 0.667. The molecule has 0 spiro atoms. The molecule has 1 saturated carbocycles. The summed E-state index contributed by atoms with van der Waals surface area (Å²) in [6.07, 6.45) is -0.427. The van der Waals surface area contributed by atoms with E-state index < -0.39 is 23.7 Å². The van der Waals surface area contributed by atoms with Crippen molar-refractivity contribution in [3.63, 3.8) is 0 Å². The Balaban J connectivity index is 1.86. The topological polar surface area (TPSA) is 80.9 Å². The third-order valence-electron chi connectivity index (χ3n) is 5.61. The highest BCUT2D eigenvalue weighted by atomic mass is 16.3. The van der Waals surface area contributed by atoms with Crippen LogP contribution < -0.4 is 0 Å². The third-order valence-corrected chi connectivity index (χ3v) is 5.61. The number of hydrogen-bond donors (Lipinski definition) is 4. The van der Waals surface area contributed by atoms with Crippen LogP contribution in [0.3, 0.4) is 0 Å². The Kier molecular flexibility index (Phi) is 5.61. The number of aliphatic hydroxyl groups is 4. The van der Waals surface area contributed by atoms with Crippen molar-refractivity contribution in [3.05, 3.63) is 35.9 Å². The summed E-state index contributed by atoms with van der Waals surface area (Å²) in [6, 6.07) is 10.2. The molecule has 1 aliphatic carbocycles. The predicted octanol–water partition coefficient (Wildman–Crippen LogP) is 1.67. The molecule has 1 aliphatic rings. The van der Waals surface area contributed by atoms with E-state index >= 15 is 0 Å². The Morgan fingerprint density at radius 2 is 1.77 bits per heavy atom. The SMILES string of the molecule is CC(CCCC(O)C1(CO)C(C)C(O)C1O)c1ccccc1. The molecular formula is C18H28O4. The smallest absolute Gasteiger partial charge is 0.0908 e. The highest BCUT2D eigenvalue weighted by Gasteiger charge is 2.62. The zero-order valence-electron chi connectivity index (χ0n) is 13.4. The van der Waals surface area contributed by atoms with Gasteiger partial charge in [-0.15, -0.1) is 0 Å². The molecule has 6 atom stereocenters. The van der Waals surface area contributed by atoms with E-state index in [1.807, 2.05) is 18.2 Å². The first-order valence-electron chi connectivity index (χ1n) is 8.15. The molecule has 1 fully saturated rings. The van der Waals surface area contributed by atoms with Gasteiger partial charge in [0.05, 0.1) is 30.3 Å². The van der Waals surface area contributed by atoms with E-state index in [2.05, 4.69) is 19.1 Å². The molecule has 22 heavy (non-hydrogen) atoms. The summed E-state index contributed by atoms with van der Waals surface area (Å²) in [5.41, 5.74) is 0.302. The number of hydrogen-bond acceptors (Lipinski definition) is 4. The molecule has 0 amide bonds. The van der Waals surface area contributed by atoms with E-state index in [1.165, 1.54) is 5.56 Å². The first-order valence-corrected chi connectivity index (χ1v) is 8.15. The van der Waals surface area contributed by atoms with Gasteiger partial charge >= 0.3 is 0 Å². The summed E-state index contributed by atoms with van der Waals surface area (Å²) in [4.78, 5) is 0. The first kappa shape index (κ1) is 17.4. The standard InChI is InChI=1S/C18H28O4/c1-12(14-8-4-3-5-9-14)7-6-10-15(20)18(11-19)13(2)16(21)17(18)22/h3-5,8-9,12-13,15-17,19-22H,6-7,10-11H2,1-2H3. The van der Waals surface area contributed by atoms with Gasteiger partial charge in [0.25, 0.3) is 0 Å². The summed E-state index contributed by atoms with van der Waals surface area (Å²) in [6.45, 7) is 3.62. The minimum Gasteiger partial charge on any atom is -0.396 e. The van der Waals surface area contributed by atoms with Gasteiger partial charge in [-0.3, -0.25) is 0 Å². The second-order valence-corrected chi connectivity index (χ2v) is 6.75. The maximum Gasteiger partial charge on any atom is 0.0908 e. The Labute approximate surface area is 132 Å². The lowest BCUT2D eigenvalue weighted by Gasteiger charge is -2.57. The van der Waals surface area contributed by atoms with E-state index in [9.17, 15) is 20.4 Å². The molecule has 6 unspecified atom stereocenters. The quantitative estimate of drug-likeness (QED) is 0.618. The zero-order valence-corrected chi connectivity index (χ0v) is 13.4. The summed E-state index contributed by atoms with van der Waals surface area (Å²) in [7, 11) is 0. The van der Waals surface area contributed by atoms with E-state index in [0.717, 1.165) is 12.8 Å². The summed E-state index contributed by atoms with van der Waals surface area (Å²) < 4.78 is 0. The van der Waals surface area contributed by atoms with Crippen molar-refractivity contribution >= 4 is 0 Å². The van der Waals surface area contributed by atoms with Gasteiger partial charge in [0.15, 0.2) is 0 Å². The maximum absolute atomic E-state index is 10.4. The van der Waals surface area contributed by atoms with Gasteiger partial charge in [0, 0.05) is 0 Å². The number of aliphatic hydroxyl groups excluding tert-OH is 4. The molecular weight excluding hydrogens is 280 g/mol. The summed E-state index contributed by atoms with van der Waals surface area (Å²) in [5, 5.41) is 39.7. The average Bonchev–Trinajstić information content (AvgIpc) is 2.55. The van der Waals surface area contributed by atoms with Crippen molar-refractivity contribution in [3.8, 4) is 0 Å². The molecule has 0 aliphatic heterocycles. The van der Waals surface area contributed by atoms with Gasteiger partial charge in [-0.25, -0.2) is 0 Å². The van der Waals surface area contributed by atoms with Crippen molar-refractivity contribution in [1.82, 2.24) is 0 Å². The molecule has 0 saturated heterocycles. The van der Waals surface area contributed by atoms with Gasteiger partial charge < -0.3 is 20.4 Å². The molecule has 4 nitrogen and oxygen atoms in total. The first-order chi connectivity index (χ1) is 10.4. The van der Waals surface area contributed by atoms with Crippen molar-refractivity contribution in [1.29, 1.82) is 0 Å². The van der Waals surface area contributed by atoms with E-state index in [0.29, 0.717) is 12.3 Å². The van der Waals surface area contributed by atoms with Crippen LogP contribution in [0, 0.1) is 11.3 Å². The van der Waals surface area contributed by atoms with Crippen LogP contribution in [0.1, 0.15) is 44.6 Å². The molecule has 4 heteroatoms. The van der Waals surface area contributed by atoms with Crippen LogP contribution in [0.5, 0.6) is 0 Å². The lowest BCUT2D eigenvalue weighted by molar-refractivity contribution is -0.264. The minimum atomic E-state index is -1.05. The van der Waals surface area contributed by atoms with Crippen LogP contribution in [-0.2, 0) is 0 Å². The molecule has 1 aromatic rings. The van der Waals surface area contributed by atoms with Gasteiger partial charge in [0.1, 0.15) is 0 Å². The van der Waals surface area contributed by atoms with Crippen LogP contribution in [0.25, 0.3) is 0 Å². The third kappa shape index (κ3) is 2.93. The Morgan fingerprint density at radius 3 is 2.32 bits per heavy atom. The number of rotatable bonds is 7. The molecule has 0 bridgehead atoms. The predicted molar refractivity (Wildman–Crippen MR) is 85.4 cm³/mol. The van der Waals surface area contributed by atoms with Crippen LogP contribution in [0.15, 0.2) is 30.3 Å². The van der Waals surface area contributed by atoms with Gasteiger partial charge in [-0.1, -0.05) is 50.6 Å².